The number of nitrogens with zero attached hydrogens (tertiary/aromatic N) is 3. The van der Waals surface area contributed by atoms with Gasteiger partial charge in [0.1, 0.15) is 5.75 Å². The van der Waals surface area contributed by atoms with Gasteiger partial charge in [-0.1, -0.05) is 35.5 Å². The smallest absolute Gasteiger partial charge is 0.265 e. The van der Waals surface area contributed by atoms with Gasteiger partial charge in [0.2, 0.25) is 5.82 Å². The summed E-state index contributed by atoms with van der Waals surface area (Å²) in [6.07, 6.45) is 3.69. The molecule has 0 saturated heterocycles. The first-order valence-corrected chi connectivity index (χ1v) is 8.39. The molecule has 130 valence electrons. The van der Waals surface area contributed by atoms with E-state index in [9.17, 15) is 4.79 Å². The minimum absolute atomic E-state index is 0.0586. The second-order valence-electron chi connectivity index (χ2n) is 5.81. The lowest BCUT2D eigenvalue weighted by Crippen LogP contribution is -2.38. The Kier molecular flexibility index (Phi) is 4.23. The fourth-order valence-electron chi connectivity index (χ4n) is 2.84. The number of rotatable bonds is 4. The first-order valence-electron chi connectivity index (χ1n) is 8.39. The van der Waals surface area contributed by atoms with Gasteiger partial charge in [0.25, 0.3) is 11.8 Å². The normalized spacial score (nSPS) is 13.7. The molecule has 4 rings (SSSR count). The molecule has 0 aliphatic carbocycles. The molecule has 1 aromatic heterocycles. The number of carbonyl (C=O) groups excluding carboxylic acids is 1. The van der Waals surface area contributed by atoms with E-state index < -0.39 is 0 Å². The molecule has 0 fully saturated rings. The van der Waals surface area contributed by atoms with Gasteiger partial charge in [-0.2, -0.15) is 4.98 Å². The van der Waals surface area contributed by atoms with Crippen LogP contribution < -0.4 is 9.64 Å². The molecule has 0 unspecified atom stereocenters. The van der Waals surface area contributed by atoms with E-state index >= 15 is 0 Å². The van der Waals surface area contributed by atoms with Gasteiger partial charge in [0.05, 0.1) is 5.69 Å². The maximum Gasteiger partial charge on any atom is 0.265 e. The highest BCUT2D eigenvalue weighted by molar-refractivity contribution is 5.98. The van der Waals surface area contributed by atoms with Gasteiger partial charge in [0.15, 0.2) is 6.61 Å². The number of hydrogen-bond acceptors (Lipinski definition) is 5. The van der Waals surface area contributed by atoms with Gasteiger partial charge in [-0.3, -0.25) is 4.79 Å². The summed E-state index contributed by atoms with van der Waals surface area (Å²) in [6, 6.07) is 15.4. The lowest BCUT2D eigenvalue weighted by atomic mass is 10.1. The zero-order chi connectivity index (χ0) is 17.9. The monoisotopic (exact) mass is 347 g/mol. The molecule has 1 amide bonds. The van der Waals surface area contributed by atoms with Crippen molar-refractivity contribution >= 4 is 23.7 Å². The van der Waals surface area contributed by atoms with E-state index in [0.29, 0.717) is 24.0 Å². The SMILES string of the molecule is CCN1C(=O)COc2ccc(-c3noc(/C=C/c4ccccc4)n3)cc21. The van der Waals surface area contributed by atoms with E-state index in [1.54, 1.807) is 11.0 Å². The second kappa shape index (κ2) is 6.84. The number of fused-ring (bicyclic) bond motifs is 1. The number of ether oxygens (including phenoxy) is 1. The Morgan fingerprint density at radius 1 is 1.15 bits per heavy atom. The molecule has 6 nitrogen and oxygen atoms in total. The number of aromatic nitrogens is 2. The molecule has 0 N–H and O–H groups in total. The van der Waals surface area contributed by atoms with Crippen LogP contribution in [0.3, 0.4) is 0 Å². The lowest BCUT2D eigenvalue weighted by molar-refractivity contribution is -0.121. The van der Waals surface area contributed by atoms with Crippen molar-refractivity contribution in [1.82, 2.24) is 10.1 Å². The molecule has 26 heavy (non-hydrogen) atoms. The largest absolute Gasteiger partial charge is 0.482 e. The van der Waals surface area contributed by atoms with E-state index in [1.807, 2.05) is 61.5 Å². The molecular weight excluding hydrogens is 330 g/mol. The van der Waals surface area contributed by atoms with Crippen molar-refractivity contribution in [2.45, 2.75) is 6.92 Å². The number of carbonyl (C=O) groups is 1. The maximum atomic E-state index is 12.0. The molecule has 3 aromatic rings. The van der Waals surface area contributed by atoms with Gasteiger partial charge in [0, 0.05) is 18.2 Å². The quantitative estimate of drug-likeness (QED) is 0.720. The van der Waals surface area contributed by atoms with Crippen LogP contribution in [-0.4, -0.2) is 29.2 Å². The highest BCUT2D eigenvalue weighted by atomic mass is 16.5. The fourth-order valence-corrected chi connectivity index (χ4v) is 2.84. The predicted octanol–water partition coefficient (Wildman–Crippen LogP) is 3.65. The summed E-state index contributed by atoms with van der Waals surface area (Å²) in [4.78, 5) is 18.1. The van der Waals surface area contributed by atoms with Gasteiger partial charge < -0.3 is 14.2 Å². The second-order valence-corrected chi connectivity index (χ2v) is 5.81. The third-order valence-corrected chi connectivity index (χ3v) is 4.14. The van der Waals surface area contributed by atoms with Crippen LogP contribution in [0.1, 0.15) is 18.4 Å². The van der Waals surface area contributed by atoms with Crippen LogP contribution in [0.15, 0.2) is 53.1 Å². The summed E-state index contributed by atoms with van der Waals surface area (Å²) in [7, 11) is 0. The summed E-state index contributed by atoms with van der Waals surface area (Å²) < 4.78 is 10.8. The fraction of sp³-hybridized carbons (Fsp3) is 0.150. The van der Waals surface area contributed by atoms with Gasteiger partial charge >= 0.3 is 0 Å². The van der Waals surface area contributed by atoms with Crippen LogP contribution in [0.25, 0.3) is 23.5 Å². The number of benzene rings is 2. The highest BCUT2D eigenvalue weighted by Gasteiger charge is 2.25. The summed E-state index contributed by atoms with van der Waals surface area (Å²) in [6.45, 7) is 2.58. The zero-order valence-electron chi connectivity index (χ0n) is 14.3. The minimum atomic E-state index is -0.0586. The van der Waals surface area contributed by atoms with Crippen LogP contribution in [0.2, 0.25) is 0 Å². The molecule has 2 heterocycles. The Labute approximate surface area is 150 Å². The molecule has 1 aliphatic heterocycles. The Balaban J connectivity index is 1.61. The van der Waals surface area contributed by atoms with Crippen LogP contribution >= 0.6 is 0 Å². The van der Waals surface area contributed by atoms with Crippen LogP contribution in [-0.2, 0) is 4.79 Å². The van der Waals surface area contributed by atoms with Crippen molar-refractivity contribution < 1.29 is 14.1 Å². The summed E-state index contributed by atoms with van der Waals surface area (Å²) in [5.41, 5.74) is 2.55. The Morgan fingerprint density at radius 3 is 2.81 bits per heavy atom. The van der Waals surface area contributed by atoms with Crippen molar-refractivity contribution in [2.75, 3.05) is 18.1 Å². The zero-order valence-corrected chi connectivity index (χ0v) is 14.3. The Bertz CT molecular complexity index is 963. The van der Waals surface area contributed by atoms with E-state index in [1.165, 1.54) is 0 Å². The van der Waals surface area contributed by atoms with Crippen molar-refractivity contribution in [1.29, 1.82) is 0 Å². The van der Waals surface area contributed by atoms with Gasteiger partial charge in [-0.25, -0.2) is 0 Å². The van der Waals surface area contributed by atoms with Gasteiger partial charge in [-0.05, 0) is 36.8 Å². The first kappa shape index (κ1) is 16.1. The number of anilines is 1. The standard InChI is InChI=1S/C20H17N3O3/c1-2-23-16-12-15(9-10-17(16)25-13-19(23)24)20-21-18(26-22-20)11-8-14-6-4-3-5-7-14/h3-12H,2,13H2,1H3/b11-8+. The topological polar surface area (TPSA) is 68.5 Å². The maximum absolute atomic E-state index is 12.0. The molecule has 0 atom stereocenters. The molecule has 6 heteroatoms. The van der Waals surface area contributed by atoms with Crippen LogP contribution in [0.4, 0.5) is 5.69 Å². The summed E-state index contributed by atoms with van der Waals surface area (Å²) in [5.74, 6) is 1.51. The Morgan fingerprint density at radius 2 is 2.00 bits per heavy atom. The third kappa shape index (κ3) is 3.09. The van der Waals surface area contributed by atoms with Crippen molar-refractivity contribution in [2.24, 2.45) is 0 Å². The molecule has 0 saturated carbocycles. The average molecular weight is 347 g/mol. The molecule has 0 bridgehead atoms. The predicted molar refractivity (Wildman–Crippen MR) is 98.6 cm³/mol. The molecule has 2 aromatic carbocycles. The molecule has 0 spiro atoms. The molecular formula is C20H17N3O3. The van der Waals surface area contributed by atoms with Crippen LogP contribution in [0.5, 0.6) is 5.75 Å². The highest BCUT2D eigenvalue weighted by Crippen LogP contribution is 2.35. The summed E-state index contributed by atoms with van der Waals surface area (Å²) >= 11 is 0. The average Bonchev–Trinajstić information content (AvgIpc) is 3.16. The summed E-state index contributed by atoms with van der Waals surface area (Å²) in [5, 5.41) is 4.04. The molecule has 0 radical (unpaired) electrons. The van der Waals surface area contributed by atoms with E-state index in [4.69, 9.17) is 9.26 Å². The Hall–Kier alpha value is -3.41. The number of amides is 1. The van der Waals surface area contributed by atoms with Crippen molar-refractivity contribution in [3.05, 3.63) is 60.0 Å². The van der Waals surface area contributed by atoms with Gasteiger partial charge in [-0.15, -0.1) is 0 Å². The van der Waals surface area contributed by atoms with Crippen LogP contribution in [0, 0.1) is 0 Å². The first-order chi connectivity index (χ1) is 12.7. The number of hydrogen-bond donors (Lipinski definition) is 0. The molecule has 1 aliphatic rings. The van der Waals surface area contributed by atoms with Crippen molar-refractivity contribution in [3.8, 4) is 17.1 Å². The van der Waals surface area contributed by atoms with E-state index in [-0.39, 0.29) is 12.5 Å². The van der Waals surface area contributed by atoms with E-state index in [2.05, 4.69) is 10.1 Å². The minimum Gasteiger partial charge on any atom is -0.482 e. The lowest BCUT2D eigenvalue weighted by Gasteiger charge is -2.28. The third-order valence-electron chi connectivity index (χ3n) is 4.14. The van der Waals surface area contributed by atoms with Crippen molar-refractivity contribution in [3.63, 3.8) is 0 Å². The number of likely N-dealkylation sites (N-methyl/N-ethyl adjacent to an activating group) is 1. The van der Waals surface area contributed by atoms with E-state index in [0.717, 1.165) is 16.8 Å².